The Morgan fingerprint density at radius 2 is 2.22 bits per heavy atom. The molecule has 2 rings (SSSR count). The molecule has 0 saturated carbocycles. The van der Waals surface area contributed by atoms with Crippen LogP contribution >= 0.6 is 0 Å². The van der Waals surface area contributed by atoms with Crippen molar-refractivity contribution in [3.05, 3.63) is 30.1 Å². The van der Waals surface area contributed by atoms with Gasteiger partial charge in [0.1, 0.15) is 5.76 Å². The van der Waals surface area contributed by atoms with Crippen molar-refractivity contribution in [3.63, 3.8) is 0 Å². The molecule has 0 bridgehead atoms. The molecular weight excluding hydrogens is 232 g/mol. The summed E-state index contributed by atoms with van der Waals surface area (Å²) < 4.78 is 10.8. The summed E-state index contributed by atoms with van der Waals surface area (Å²) in [6, 6.07) is 1.72. The fraction of sp³-hybridized carbons (Fsp3) is 0.417. The first-order valence-electron chi connectivity index (χ1n) is 5.78. The Hall–Kier alpha value is -2.11. The summed E-state index contributed by atoms with van der Waals surface area (Å²) in [5.41, 5.74) is 0. The third-order valence-corrected chi connectivity index (χ3v) is 2.05. The number of nitrogens with one attached hydrogen (secondary N) is 1. The molecule has 2 aromatic rings. The SMILES string of the molecule is Cc1cnc(CNc2nccc(OC(C)C)n2)o1. The summed E-state index contributed by atoms with van der Waals surface area (Å²) in [6.07, 6.45) is 3.41. The number of hydrogen-bond acceptors (Lipinski definition) is 6. The van der Waals surface area contributed by atoms with Crippen LogP contribution in [0.5, 0.6) is 5.88 Å². The molecule has 0 unspecified atom stereocenters. The molecule has 0 fully saturated rings. The van der Waals surface area contributed by atoms with Gasteiger partial charge in [-0.25, -0.2) is 9.97 Å². The number of oxazole rings is 1. The van der Waals surface area contributed by atoms with Crippen molar-refractivity contribution >= 4 is 5.95 Å². The van der Waals surface area contributed by atoms with Crippen LogP contribution in [0.1, 0.15) is 25.5 Å². The van der Waals surface area contributed by atoms with Gasteiger partial charge >= 0.3 is 0 Å². The van der Waals surface area contributed by atoms with Crippen LogP contribution in [0.25, 0.3) is 0 Å². The fourth-order valence-electron chi connectivity index (χ4n) is 1.37. The van der Waals surface area contributed by atoms with Crippen molar-refractivity contribution in [3.8, 4) is 5.88 Å². The van der Waals surface area contributed by atoms with Crippen LogP contribution in [0, 0.1) is 6.92 Å². The molecule has 0 aliphatic heterocycles. The minimum Gasteiger partial charge on any atom is -0.475 e. The number of hydrogen-bond donors (Lipinski definition) is 1. The van der Waals surface area contributed by atoms with E-state index in [-0.39, 0.29) is 6.10 Å². The Balaban J connectivity index is 1.96. The predicted octanol–water partition coefficient (Wildman–Crippen LogP) is 2.17. The molecule has 6 nitrogen and oxygen atoms in total. The summed E-state index contributed by atoms with van der Waals surface area (Å²) in [5, 5.41) is 3.03. The van der Waals surface area contributed by atoms with E-state index in [9.17, 15) is 0 Å². The summed E-state index contributed by atoms with van der Waals surface area (Å²) in [6.45, 7) is 6.19. The molecule has 96 valence electrons. The first-order valence-corrected chi connectivity index (χ1v) is 5.78. The van der Waals surface area contributed by atoms with Gasteiger partial charge in [-0.15, -0.1) is 0 Å². The third-order valence-electron chi connectivity index (χ3n) is 2.05. The number of aromatic nitrogens is 3. The molecule has 2 aromatic heterocycles. The molecule has 0 aliphatic rings. The van der Waals surface area contributed by atoms with Gasteiger partial charge in [-0.2, -0.15) is 4.98 Å². The van der Waals surface area contributed by atoms with Gasteiger partial charge < -0.3 is 14.5 Å². The van der Waals surface area contributed by atoms with Crippen LogP contribution in [-0.4, -0.2) is 21.1 Å². The van der Waals surface area contributed by atoms with Gasteiger partial charge in [0.25, 0.3) is 0 Å². The molecule has 0 spiro atoms. The molecule has 18 heavy (non-hydrogen) atoms. The monoisotopic (exact) mass is 248 g/mol. The van der Waals surface area contributed by atoms with E-state index in [1.807, 2.05) is 20.8 Å². The molecule has 0 radical (unpaired) electrons. The Bertz CT molecular complexity index is 510. The maximum Gasteiger partial charge on any atom is 0.226 e. The molecule has 6 heteroatoms. The van der Waals surface area contributed by atoms with Crippen LogP contribution in [-0.2, 0) is 6.54 Å². The average molecular weight is 248 g/mol. The van der Waals surface area contributed by atoms with Crippen molar-refractivity contribution in [2.45, 2.75) is 33.4 Å². The highest BCUT2D eigenvalue weighted by atomic mass is 16.5. The standard InChI is InChI=1S/C12H16N4O2/c1-8(2)17-10-4-5-13-12(16-10)15-7-11-14-6-9(3)18-11/h4-6,8H,7H2,1-3H3,(H,13,15,16). The zero-order chi connectivity index (χ0) is 13.0. The quantitative estimate of drug-likeness (QED) is 0.874. The van der Waals surface area contributed by atoms with Crippen molar-refractivity contribution in [1.82, 2.24) is 15.0 Å². The predicted molar refractivity (Wildman–Crippen MR) is 66.4 cm³/mol. The lowest BCUT2D eigenvalue weighted by molar-refractivity contribution is 0.232. The highest BCUT2D eigenvalue weighted by Gasteiger charge is 2.04. The molecule has 0 aliphatic carbocycles. The number of ether oxygens (including phenoxy) is 1. The second-order valence-electron chi connectivity index (χ2n) is 4.10. The first kappa shape index (κ1) is 12.3. The van der Waals surface area contributed by atoms with Crippen molar-refractivity contribution in [1.29, 1.82) is 0 Å². The zero-order valence-electron chi connectivity index (χ0n) is 10.7. The van der Waals surface area contributed by atoms with Crippen LogP contribution < -0.4 is 10.1 Å². The topological polar surface area (TPSA) is 73.1 Å². The third kappa shape index (κ3) is 3.44. The minimum absolute atomic E-state index is 0.0853. The lowest BCUT2D eigenvalue weighted by Crippen LogP contribution is -2.09. The highest BCUT2D eigenvalue weighted by Crippen LogP contribution is 2.11. The van der Waals surface area contributed by atoms with E-state index in [1.54, 1.807) is 18.5 Å². The Kier molecular flexibility index (Phi) is 3.76. The van der Waals surface area contributed by atoms with Crippen LogP contribution in [0.4, 0.5) is 5.95 Å². The summed E-state index contributed by atoms with van der Waals surface area (Å²) in [7, 11) is 0. The maximum atomic E-state index is 5.48. The van der Waals surface area contributed by atoms with E-state index in [0.29, 0.717) is 24.3 Å². The van der Waals surface area contributed by atoms with Gasteiger partial charge in [0.05, 0.1) is 18.8 Å². The smallest absolute Gasteiger partial charge is 0.226 e. The summed E-state index contributed by atoms with van der Waals surface area (Å²) in [4.78, 5) is 12.4. The highest BCUT2D eigenvalue weighted by molar-refractivity contribution is 5.27. The molecule has 0 amide bonds. The largest absolute Gasteiger partial charge is 0.475 e. The number of aryl methyl sites for hydroxylation is 1. The first-order chi connectivity index (χ1) is 8.63. The van der Waals surface area contributed by atoms with E-state index in [2.05, 4.69) is 20.3 Å². The Labute approximate surface area is 105 Å². The van der Waals surface area contributed by atoms with Crippen LogP contribution in [0.15, 0.2) is 22.9 Å². The average Bonchev–Trinajstić information content (AvgIpc) is 2.72. The summed E-state index contributed by atoms with van der Waals surface area (Å²) in [5.74, 6) is 2.42. The van der Waals surface area contributed by atoms with Gasteiger partial charge in [0.15, 0.2) is 0 Å². The fourth-order valence-corrected chi connectivity index (χ4v) is 1.37. The normalized spacial score (nSPS) is 10.7. The Morgan fingerprint density at radius 3 is 2.89 bits per heavy atom. The van der Waals surface area contributed by atoms with Gasteiger partial charge in [-0.05, 0) is 20.8 Å². The Morgan fingerprint density at radius 1 is 1.39 bits per heavy atom. The summed E-state index contributed by atoms with van der Waals surface area (Å²) >= 11 is 0. The van der Waals surface area contributed by atoms with E-state index >= 15 is 0 Å². The number of anilines is 1. The zero-order valence-corrected chi connectivity index (χ0v) is 10.7. The van der Waals surface area contributed by atoms with Gasteiger partial charge in [0, 0.05) is 12.3 Å². The second-order valence-corrected chi connectivity index (χ2v) is 4.10. The molecule has 0 aromatic carbocycles. The minimum atomic E-state index is 0.0853. The lowest BCUT2D eigenvalue weighted by atomic mass is 10.5. The number of nitrogens with zero attached hydrogens (tertiary/aromatic N) is 3. The van der Waals surface area contributed by atoms with Gasteiger partial charge in [-0.3, -0.25) is 0 Å². The molecule has 2 heterocycles. The van der Waals surface area contributed by atoms with Crippen molar-refractivity contribution < 1.29 is 9.15 Å². The van der Waals surface area contributed by atoms with E-state index in [0.717, 1.165) is 5.76 Å². The molecule has 0 saturated heterocycles. The van der Waals surface area contributed by atoms with Crippen LogP contribution in [0.3, 0.4) is 0 Å². The lowest BCUT2D eigenvalue weighted by Gasteiger charge is -2.09. The van der Waals surface area contributed by atoms with Crippen molar-refractivity contribution in [2.24, 2.45) is 0 Å². The number of rotatable bonds is 5. The second kappa shape index (κ2) is 5.48. The van der Waals surface area contributed by atoms with Gasteiger partial charge in [-0.1, -0.05) is 0 Å². The molecular formula is C12H16N4O2. The maximum absolute atomic E-state index is 5.48. The van der Waals surface area contributed by atoms with E-state index < -0.39 is 0 Å². The van der Waals surface area contributed by atoms with E-state index in [1.165, 1.54) is 0 Å². The molecule has 1 N–H and O–H groups in total. The van der Waals surface area contributed by atoms with Crippen molar-refractivity contribution in [2.75, 3.05) is 5.32 Å². The van der Waals surface area contributed by atoms with E-state index in [4.69, 9.17) is 9.15 Å². The van der Waals surface area contributed by atoms with Crippen LogP contribution in [0.2, 0.25) is 0 Å². The van der Waals surface area contributed by atoms with Gasteiger partial charge in [0.2, 0.25) is 17.7 Å². The molecule has 0 atom stereocenters.